The summed E-state index contributed by atoms with van der Waals surface area (Å²) in [6, 6.07) is 58.2. The van der Waals surface area contributed by atoms with Crippen molar-refractivity contribution in [1.82, 2.24) is 19.9 Å². The Morgan fingerprint density at radius 2 is 0.615 bits per heavy atom. The van der Waals surface area contributed by atoms with Crippen LogP contribution in [0.25, 0.3) is 67.8 Å². The number of H-pyrrole nitrogens is 2. The highest BCUT2D eigenvalue weighted by Crippen LogP contribution is 2.35. The lowest BCUT2D eigenvalue weighted by atomic mass is 10.1. The third-order valence-electron chi connectivity index (χ3n) is 8.94. The number of aromatic amines is 2. The van der Waals surface area contributed by atoms with E-state index in [1.54, 1.807) is 0 Å². The smallest absolute Gasteiger partial charge is 0.138 e. The molecule has 0 aliphatic carbocycles. The van der Waals surface area contributed by atoms with Crippen molar-refractivity contribution >= 4 is 11.4 Å². The Morgan fingerprint density at radius 3 is 0.904 bits per heavy atom. The summed E-state index contributed by atoms with van der Waals surface area (Å²) in [6.07, 6.45) is 0. The summed E-state index contributed by atoms with van der Waals surface area (Å²) >= 11 is 0. The van der Waals surface area contributed by atoms with Gasteiger partial charge >= 0.3 is 0 Å². The third-order valence-corrected chi connectivity index (χ3v) is 8.94. The average molecular weight is 679 g/mol. The highest BCUT2D eigenvalue weighted by molar-refractivity contribution is 5.82. The third kappa shape index (κ3) is 7.57. The van der Waals surface area contributed by atoms with Crippen LogP contribution in [0.4, 0.5) is 11.4 Å². The van der Waals surface area contributed by atoms with E-state index >= 15 is 0 Å². The highest BCUT2D eigenvalue weighted by atomic mass is 15.1. The van der Waals surface area contributed by atoms with Gasteiger partial charge in [-0.25, -0.2) is 9.97 Å². The molecule has 256 valence electrons. The van der Waals surface area contributed by atoms with Gasteiger partial charge in [0.1, 0.15) is 11.6 Å². The van der Waals surface area contributed by atoms with Crippen molar-refractivity contribution in [1.29, 1.82) is 0 Å². The lowest BCUT2D eigenvalue weighted by Crippen LogP contribution is -2.07. The fraction of sp³-hybridized carbons (Fsp3) is 0.0870. The molecule has 52 heavy (non-hydrogen) atoms. The van der Waals surface area contributed by atoms with Crippen LogP contribution in [0.1, 0.15) is 0 Å². The summed E-state index contributed by atoms with van der Waals surface area (Å²) in [4.78, 5) is 21.1. The first-order valence-corrected chi connectivity index (χ1v) is 17.4. The second-order valence-electron chi connectivity index (χ2n) is 13.0. The molecule has 0 atom stereocenters. The maximum atomic E-state index is 4.93. The Labute approximate surface area is 306 Å². The molecular formula is C46H42N6. The van der Waals surface area contributed by atoms with Gasteiger partial charge in [-0.05, 0) is 48.5 Å². The molecular weight excluding hydrogens is 637 g/mol. The predicted molar refractivity (Wildman–Crippen MR) is 218 cm³/mol. The number of hydrogen-bond acceptors (Lipinski definition) is 4. The van der Waals surface area contributed by atoms with Crippen molar-refractivity contribution in [2.75, 3.05) is 38.0 Å². The molecule has 0 fully saturated rings. The summed E-state index contributed by atoms with van der Waals surface area (Å²) < 4.78 is 0. The van der Waals surface area contributed by atoms with Crippen LogP contribution >= 0.6 is 0 Å². The molecule has 6 heteroatoms. The van der Waals surface area contributed by atoms with E-state index in [0.29, 0.717) is 0 Å². The molecule has 0 saturated heterocycles. The normalized spacial score (nSPS) is 10.7. The summed E-state index contributed by atoms with van der Waals surface area (Å²) in [5, 5.41) is 0. The summed E-state index contributed by atoms with van der Waals surface area (Å²) in [7, 11) is 8.18. The monoisotopic (exact) mass is 678 g/mol. The first-order valence-electron chi connectivity index (χ1n) is 17.4. The summed E-state index contributed by atoms with van der Waals surface area (Å²) in [5.74, 6) is 1.76. The number of anilines is 2. The Kier molecular flexibility index (Phi) is 10.1. The molecule has 0 unspecified atom stereocenters. The first kappa shape index (κ1) is 33.8. The maximum Gasteiger partial charge on any atom is 0.138 e. The van der Waals surface area contributed by atoms with E-state index in [1.807, 2.05) is 76.7 Å². The van der Waals surface area contributed by atoms with Crippen LogP contribution in [0, 0.1) is 0 Å². The Hall–Kier alpha value is -6.66. The number of imidazole rings is 2. The minimum absolute atomic E-state index is 0.882. The lowest BCUT2D eigenvalue weighted by molar-refractivity contribution is 1.13. The highest BCUT2D eigenvalue weighted by Gasteiger charge is 2.16. The topological polar surface area (TPSA) is 63.8 Å². The van der Waals surface area contributed by atoms with Crippen molar-refractivity contribution < 1.29 is 0 Å². The van der Waals surface area contributed by atoms with Crippen LogP contribution in [-0.4, -0.2) is 48.1 Å². The molecule has 0 radical (unpaired) electrons. The van der Waals surface area contributed by atoms with Crippen molar-refractivity contribution in [3.05, 3.63) is 170 Å². The standard InChI is InChI=1S/2C23H21N3/c2*1-26(2)20-15-13-19(14-16-20)23-24-21(17-9-5-3-6-10-17)22(25-23)18-11-7-4-8-12-18/h2*3-16H,1-2H3,(H,24,25). The van der Waals surface area contributed by atoms with Gasteiger partial charge in [-0.3, -0.25) is 0 Å². The zero-order chi connectivity index (χ0) is 35.9. The van der Waals surface area contributed by atoms with Crippen LogP contribution in [0.2, 0.25) is 0 Å². The van der Waals surface area contributed by atoms with E-state index in [4.69, 9.17) is 9.97 Å². The molecule has 6 aromatic carbocycles. The van der Waals surface area contributed by atoms with Gasteiger partial charge in [0.25, 0.3) is 0 Å². The van der Waals surface area contributed by atoms with Crippen molar-refractivity contribution in [3.8, 4) is 67.8 Å². The average Bonchev–Trinajstić information content (AvgIpc) is 3.86. The Morgan fingerprint density at radius 1 is 0.327 bits per heavy atom. The van der Waals surface area contributed by atoms with Gasteiger partial charge in [-0.2, -0.15) is 0 Å². The first-order chi connectivity index (χ1) is 25.4. The molecule has 0 amide bonds. The van der Waals surface area contributed by atoms with Gasteiger partial charge in [0, 0.05) is 72.9 Å². The SMILES string of the molecule is CN(C)c1ccc(-c2nc(-c3ccccc3)c(-c3ccccc3)[nH]2)cc1.CN(C)c1ccc(-c2nc(-c3ccccc3)c(-c3ccccc3)[nH]2)cc1. The zero-order valence-corrected chi connectivity index (χ0v) is 30.0. The van der Waals surface area contributed by atoms with Gasteiger partial charge in [-0.15, -0.1) is 0 Å². The number of aromatic nitrogens is 4. The second kappa shape index (κ2) is 15.5. The van der Waals surface area contributed by atoms with E-state index in [0.717, 1.165) is 67.8 Å². The molecule has 2 aromatic heterocycles. The lowest BCUT2D eigenvalue weighted by Gasteiger charge is -2.12. The Balaban J connectivity index is 0.000000162. The van der Waals surface area contributed by atoms with Crippen molar-refractivity contribution in [2.45, 2.75) is 0 Å². The zero-order valence-electron chi connectivity index (χ0n) is 30.0. The number of nitrogens with one attached hydrogen (secondary N) is 2. The minimum Gasteiger partial charge on any atom is -0.378 e. The molecule has 8 rings (SSSR count). The van der Waals surface area contributed by atoms with E-state index in [2.05, 4.69) is 141 Å². The van der Waals surface area contributed by atoms with E-state index in [9.17, 15) is 0 Å². The van der Waals surface area contributed by atoms with Crippen LogP contribution < -0.4 is 9.80 Å². The number of nitrogens with zero attached hydrogens (tertiary/aromatic N) is 4. The molecule has 0 bridgehead atoms. The molecule has 2 N–H and O–H groups in total. The van der Waals surface area contributed by atoms with E-state index < -0.39 is 0 Å². The fourth-order valence-electron chi connectivity index (χ4n) is 6.09. The van der Waals surface area contributed by atoms with Gasteiger partial charge < -0.3 is 19.8 Å². The van der Waals surface area contributed by atoms with Gasteiger partial charge in [0.15, 0.2) is 0 Å². The minimum atomic E-state index is 0.882. The predicted octanol–water partition coefficient (Wildman–Crippen LogP) is 11.0. The van der Waals surface area contributed by atoms with Crippen LogP contribution in [0.5, 0.6) is 0 Å². The van der Waals surface area contributed by atoms with E-state index in [-0.39, 0.29) is 0 Å². The van der Waals surface area contributed by atoms with Crippen molar-refractivity contribution in [3.63, 3.8) is 0 Å². The molecule has 8 aromatic rings. The molecule has 0 aliphatic rings. The second-order valence-corrected chi connectivity index (χ2v) is 13.0. The summed E-state index contributed by atoms with van der Waals surface area (Å²) in [6.45, 7) is 0. The maximum absolute atomic E-state index is 4.93. The quantitative estimate of drug-likeness (QED) is 0.168. The van der Waals surface area contributed by atoms with Crippen molar-refractivity contribution in [2.24, 2.45) is 0 Å². The van der Waals surface area contributed by atoms with Crippen LogP contribution in [0.15, 0.2) is 170 Å². The van der Waals surface area contributed by atoms with E-state index in [1.165, 1.54) is 11.4 Å². The molecule has 0 saturated carbocycles. The molecule has 0 spiro atoms. The fourth-order valence-corrected chi connectivity index (χ4v) is 6.09. The van der Waals surface area contributed by atoms with Crippen LogP contribution in [0.3, 0.4) is 0 Å². The van der Waals surface area contributed by atoms with Crippen LogP contribution in [-0.2, 0) is 0 Å². The largest absolute Gasteiger partial charge is 0.378 e. The summed E-state index contributed by atoms with van der Waals surface area (Å²) in [5.41, 5.74) is 13.0. The van der Waals surface area contributed by atoms with Gasteiger partial charge in [0.2, 0.25) is 0 Å². The van der Waals surface area contributed by atoms with Gasteiger partial charge in [0.05, 0.1) is 22.8 Å². The number of benzene rings is 6. The van der Waals surface area contributed by atoms with Gasteiger partial charge in [-0.1, -0.05) is 121 Å². The molecule has 2 heterocycles. The Bertz CT molecular complexity index is 2020. The molecule has 6 nitrogen and oxygen atoms in total. The number of rotatable bonds is 8. The number of hydrogen-bond donors (Lipinski definition) is 2. The molecule has 0 aliphatic heterocycles.